The number of anilines is 2. The molecule has 2 N–H and O–H groups in total. The lowest BCUT2D eigenvalue weighted by Crippen LogP contribution is -2.10. The summed E-state index contributed by atoms with van der Waals surface area (Å²) in [5, 5.41) is 5.81. The molecule has 0 aliphatic carbocycles. The van der Waals surface area contributed by atoms with Gasteiger partial charge in [0.15, 0.2) is 0 Å². The van der Waals surface area contributed by atoms with Gasteiger partial charge in [-0.15, -0.1) is 0 Å². The molecule has 30 heavy (non-hydrogen) atoms. The summed E-state index contributed by atoms with van der Waals surface area (Å²) in [4.78, 5) is 0. The topological polar surface area (TPSA) is 24.1 Å². The summed E-state index contributed by atoms with van der Waals surface area (Å²) in [6.45, 7) is -0.239. The van der Waals surface area contributed by atoms with Gasteiger partial charge in [-0.2, -0.15) is 13.2 Å². The van der Waals surface area contributed by atoms with E-state index in [2.05, 4.69) is 10.6 Å². The highest BCUT2D eigenvalue weighted by Gasteiger charge is 2.31. The fourth-order valence-corrected chi connectivity index (χ4v) is 3.24. The van der Waals surface area contributed by atoms with E-state index in [1.807, 2.05) is 0 Å². The van der Waals surface area contributed by atoms with Crippen molar-refractivity contribution in [2.45, 2.75) is 19.3 Å². The maximum absolute atomic E-state index is 13.9. The lowest BCUT2D eigenvalue weighted by Gasteiger charge is -2.16. The number of benzene rings is 3. The lowest BCUT2D eigenvalue weighted by atomic mass is 10.1. The van der Waals surface area contributed by atoms with E-state index in [9.17, 15) is 22.0 Å². The largest absolute Gasteiger partial charge is 0.416 e. The third kappa shape index (κ3) is 5.34. The van der Waals surface area contributed by atoms with E-state index in [1.54, 1.807) is 0 Å². The van der Waals surface area contributed by atoms with Crippen molar-refractivity contribution in [2.75, 3.05) is 10.6 Å². The smallest absolute Gasteiger partial charge is 0.381 e. The van der Waals surface area contributed by atoms with E-state index in [1.165, 1.54) is 42.5 Å². The van der Waals surface area contributed by atoms with Crippen LogP contribution in [-0.2, 0) is 19.3 Å². The average molecular weight is 461 g/mol. The molecule has 0 saturated heterocycles. The molecule has 9 heteroatoms. The molecular formula is C21H15Cl2F5N2. The van der Waals surface area contributed by atoms with Gasteiger partial charge in [-0.05, 0) is 42.5 Å². The van der Waals surface area contributed by atoms with Crippen LogP contribution in [0.2, 0.25) is 10.0 Å². The van der Waals surface area contributed by atoms with E-state index in [0.717, 1.165) is 12.1 Å². The third-order valence-electron chi connectivity index (χ3n) is 4.32. The fraction of sp³-hybridized carbons (Fsp3) is 0.143. The van der Waals surface area contributed by atoms with Gasteiger partial charge in [0, 0.05) is 45.6 Å². The van der Waals surface area contributed by atoms with Gasteiger partial charge in [-0.1, -0.05) is 35.3 Å². The van der Waals surface area contributed by atoms with Crippen LogP contribution >= 0.6 is 23.2 Å². The Morgan fingerprint density at radius 1 is 0.700 bits per heavy atom. The first-order chi connectivity index (χ1) is 14.1. The molecule has 3 aromatic carbocycles. The Hall–Kier alpha value is -2.51. The van der Waals surface area contributed by atoms with Crippen LogP contribution in [0.15, 0.2) is 54.6 Å². The second kappa shape index (κ2) is 9.10. The molecular weight excluding hydrogens is 446 g/mol. The standard InChI is InChI=1S/C21H15Cl2F5N2/c22-17-3-1-5-19(24)15(17)10-29-13-7-12(21(26,27)28)8-14(9-13)30-11-16-18(23)4-2-6-20(16)25/h1-9,29-30H,10-11H2. The predicted molar refractivity (Wildman–Crippen MR) is 109 cm³/mol. The molecule has 0 heterocycles. The van der Waals surface area contributed by atoms with Gasteiger partial charge < -0.3 is 10.6 Å². The van der Waals surface area contributed by atoms with Gasteiger partial charge in [0.05, 0.1) is 5.56 Å². The van der Waals surface area contributed by atoms with Gasteiger partial charge in [0.2, 0.25) is 0 Å². The second-order valence-electron chi connectivity index (χ2n) is 6.40. The van der Waals surface area contributed by atoms with Crippen molar-refractivity contribution in [1.29, 1.82) is 0 Å². The Morgan fingerprint density at radius 2 is 1.13 bits per heavy atom. The first-order valence-corrected chi connectivity index (χ1v) is 9.46. The average Bonchev–Trinajstić information content (AvgIpc) is 2.66. The molecule has 0 aliphatic rings. The summed E-state index contributed by atoms with van der Waals surface area (Å²) in [7, 11) is 0. The minimum atomic E-state index is -4.61. The zero-order valence-electron chi connectivity index (χ0n) is 15.3. The van der Waals surface area contributed by atoms with E-state index < -0.39 is 23.4 Å². The zero-order valence-corrected chi connectivity index (χ0v) is 16.8. The van der Waals surface area contributed by atoms with Crippen LogP contribution in [0.25, 0.3) is 0 Å². The zero-order chi connectivity index (χ0) is 21.9. The van der Waals surface area contributed by atoms with Crippen LogP contribution in [0.4, 0.5) is 33.3 Å². The number of nitrogens with one attached hydrogen (secondary N) is 2. The van der Waals surface area contributed by atoms with Crippen LogP contribution in [-0.4, -0.2) is 0 Å². The van der Waals surface area contributed by atoms with Crippen LogP contribution in [0.5, 0.6) is 0 Å². The molecule has 0 saturated carbocycles. The lowest BCUT2D eigenvalue weighted by molar-refractivity contribution is -0.137. The summed E-state index contributed by atoms with van der Waals surface area (Å²) < 4.78 is 67.8. The van der Waals surface area contributed by atoms with Crippen molar-refractivity contribution in [2.24, 2.45) is 0 Å². The molecule has 0 bridgehead atoms. The Kier molecular flexibility index (Phi) is 6.73. The Balaban J connectivity index is 1.85. The minimum absolute atomic E-state index is 0.0891. The second-order valence-corrected chi connectivity index (χ2v) is 7.22. The molecule has 0 atom stereocenters. The van der Waals surface area contributed by atoms with Crippen molar-refractivity contribution in [3.05, 3.63) is 93.0 Å². The summed E-state index contributed by atoms with van der Waals surface area (Å²) >= 11 is 11.9. The quantitative estimate of drug-likeness (QED) is 0.371. The predicted octanol–water partition coefficient (Wildman–Crippen LogP) is 7.51. The van der Waals surface area contributed by atoms with Crippen molar-refractivity contribution in [1.82, 2.24) is 0 Å². The van der Waals surface area contributed by atoms with E-state index in [-0.39, 0.29) is 45.6 Å². The molecule has 158 valence electrons. The fourth-order valence-electron chi connectivity index (χ4n) is 2.78. The molecule has 0 aromatic heterocycles. The Morgan fingerprint density at radius 3 is 1.50 bits per heavy atom. The first kappa shape index (κ1) is 22.2. The monoisotopic (exact) mass is 460 g/mol. The normalized spacial score (nSPS) is 11.4. The summed E-state index contributed by atoms with van der Waals surface area (Å²) in [5.74, 6) is -1.15. The molecule has 2 nitrogen and oxygen atoms in total. The van der Waals surface area contributed by atoms with Crippen LogP contribution in [0.3, 0.4) is 0 Å². The maximum Gasteiger partial charge on any atom is 0.416 e. The van der Waals surface area contributed by atoms with E-state index in [0.29, 0.717) is 0 Å². The van der Waals surface area contributed by atoms with Crippen molar-refractivity contribution in [3.8, 4) is 0 Å². The summed E-state index contributed by atoms with van der Waals surface area (Å²) in [5.41, 5.74) is -0.486. The van der Waals surface area contributed by atoms with Crippen LogP contribution in [0, 0.1) is 11.6 Å². The van der Waals surface area contributed by atoms with Crippen LogP contribution < -0.4 is 10.6 Å². The Bertz CT molecular complexity index is 940. The SMILES string of the molecule is Fc1cccc(Cl)c1CNc1cc(NCc2c(F)cccc2Cl)cc(C(F)(F)F)c1. The van der Waals surface area contributed by atoms with Gasteiger partial charge >= 0.3 is 6.18 Å². The minimum Gasteiger partial charge on any atom is -0.381 e. The van der Waals surface area contributed by atoms with Gasteiger partial charge in [0.1, 0.15) is 11.6 Å². The number of halogens is 7. The molecule has 0 fully saturated rings. The highest BCUT2D eigenvalue weighted by atomic mass is 35.5. The summed E-state index contributed by atoms with van der Waals surface area (Å²) in [6.07, 6.45) is -4.61. The molecule has 0 spiro atoms. The molecule has 0 radical (unpaired) electrons. The molecule has 0 unspecified atom stereocenters. The highest BCUT2D eigenvalue weighted by Crippen LogP contribution is 2.34. The highest BCUT2D eigenvalue weighted by molar-refractivity contribution is 6.31. The number of alkyl halides is 3. The Labute approximate surface area is 179 Å². The van der Waals surface area contributed by atoms with E-state index >= 15 is 0 Å². The third-order valence-corrected chi connectivity index (χ3v) is 5.03. The summed E-state index contributed by atoms with van der Waals surface area (Å²) in [6, 6.07) is 11.4. The van der Waals surface area contributed by atoms with Crippen LogP contribution in [0.1, 0.15) is 16.7 Å². The van der Waals surface area contributed by atoms with Crippen molar-refractivity contribution < 1.29 is 22.0 Å². The van der Waals surface area contributed by atoms with Crippen molar-refractivity contribution in [3.63, 3.8) is 0 Å². The van der Waals surface area contributed by atoms with Gasteiger partial charge in [-0.25, -0.2) is 8.78 Å². The number of hydrogen-bond donors (Lipinski definition) is 2. The van der Waals surface area contributed by atoms with Gasteiger partial charge in [-0.3, -0.25) is 0 Å². The van der Waals surface area contributed by atoms with Gasteiger partial charge in [0.25, 0.3) is 0 Å². The number of rotatable bonds is 6. The maximum atomic E-state index is 13.9. The molecule has 3 aromatic rings. The molecule has 0 aliphatic heterocycles. The van der Waals surface area contributed by atoms with E-state index in [4.69, 9.17) is 23.2 Å². The van der Waals surface area contributed by atoms with Crippen molar-refractivity contribution >= 4 is 34.6 Å². The number of hydrogen-bond acceptors (Lipinski definition) is 2. The first-order valence-electron chi connectivity index (χ1n) is 8.71. The molecule has 0 amide bonds. The molecule has 3 rings (SSSR count).